The van der Waals surface area contributed by atoms with Crippen molar-refractivity contribution in [3.8, 4) is 5.75 Å². The van der Waals surface area contributed by atoms with Crippen molar-refractivity contribution < 1.29 is 9.15 Å². The van der Waals surface area contributed by atoms with E-state index in [4.69, 9.17) is 14.1 Å². The highest BCUT2D eigenvalue weighted by Gasteiger charge is 2.22. The maximum Gasteiger partial charge on any atom is 0.213 e. The molecule has 0 atom stereocenters. The molecule has 0 saturated heterocycles. The third-order valence-electron chi connectivity index (χ3n) is 4.60. The zero-order valence-corrected chi connectivity index (χ0v) is 17.4. The van der Waals surface area contributed by atoms with Gasteiger partial charge in [-0.3, -0.25) is 0 Å². The Morgan fingerprint density at radius 2 is 2.04 bits per heavy atom. The van der Waals surface area contributed by atoms with Gasteiger partial charge in [0.2, 0.25) is 5.89 Å². The van der Waals surface area contributed by atoms with Crippen molar-refractivity contribution >= 4 is 5.96 Å². The smallest absolute Gasteiger partial charge is 0.213 e. The Morgan fingerprint density at radius 3 is 2.71 bits per heavy atom. The van der Waals surface area contributed by atoms with Gasteiger partial charge in [0.1, 0.15) is 11.5 Å². The number of hydrogen-bond donors (Lipinski definition) is 2. The highest BCUT2D eigenvalue weighted by molar-refractivity contribution is 5.79. The minimum absolute atomic E-state index is 0.0476. The summed E-state index contributed by atoms with van der Waals surface area (Å²) in [5.74, 6) is 3.93. The molecule has 6 heteroatoms. The fourth-order valence-electron chi connectivity index (χ4n) is 2.67. The lowest BCUT2D eigenvalue weighted by molar-refractivity contribution is 0.297. The Bertz CT molecular complexity index is 788. The van der Waals surface area contributed by atoms with Gasteiger partial charge in [0, 0.05) is 17.5 Å². The van der Waals surface area contributed by atoms with Gasteiger partial charge in [-0.2, -0.15) is 0 Å². The molecule has 1 saturated carbocycles. The summed E-state index contributed by atoms with van der Waals surface area (Å²) in [6.45, 7) is 11.0. The molecule has 0 bridgehead atoms. The fourth-order valence-corrected chi connectivity index (χ4v) is 2.67. The summed E-state index contributed by atoms with van der Waals surface area (Å²) in [6, 6.07) is 8.12. The van der Waals surface area contributed by atoms with Crippen LogP contribution in [0.5, 0.6) is 5.75 Å². The van der Waals surface area contributed by atoms with E-state index in [0.717, 1.165) is 42.1 Å². The molecule has 1 aliphatic carbocycles. The predicted octanol–water partition coefficient (Wildman–Crippen LogP) is 4.02. The lowest BCUT2D eigenvalue weighted by Gasteiger charge is -2.14. The van der Waals surface area contributed by atoms with E-state index in [1.807, 2.05) is 25.1 Å². The second-order valence-electron chi connectivity index (χ2n) is 8.28. The van der Waals surface area contributed by atoms with Gasteiger partial charge in [-0.1, -0.05) is 39.0 Å². The highest BCUT2D eigenvalue weighted by Crippen LogP contribution is 2.30. The molecule has 2 aromatic rings. The molecule has 0 spiro atoms. The largest absolute Gasteiger partial charge is 0.493 e. The molecule has 0 amide bonds. The van der Waals surface area contributed by atoms with Crippen molar-refractivity contribution in [2.75, 3.05) is 13.2 Å². The second kappa shape index (κ2) is 9.13. The van der Waals surface area contributed by atoms with Gasteiger partial charge in [-0.05, 0) is 31.7 Å². The first-order valence-corrected chi connectivity index (χ1v) is 10.1. The van der Waals surface area contributed by atoms with Crippen molar-refractivity contribution in [2.24, 2.45) is 10.9 Å². The summed E-state index contributed by atoms with van der Waals surface area (Å²) in [5, 5.41) is 6.56. The SMILES string of the molecule is CCNC(=NCc1ccccc1OCC1CC1)NCc1ncc(C(C)(C)C)o1. The first-order chi connectivity index (χ1) is 13.5. The van der Waals surface area contributed by atoms with Crippen molar-refractivity contribution in [2.45, 2.75) is 59.0 Å². The molecule has 1 aromatic heterocycles. The zero-order valence-electron chi connectivity index (χ0n) is 17.4. The third-order valence-corrected chi connectivity index (χ3v) is 4.60. The van der Waals surface area contributed by atoms with Crippen LogP contribution in [0.15, 0.2) is 39.9 Å². The van der Waals surface area contributed by atoms with Crippen LogP contribution in [0, 0.1) is 5.92 Å². The van der Waals surface area contributed by atoms with Crippen LogP contribution in [0.1, 0.15) is 57.8 Å². The first-order valence-electron chi connectivity index (χ1n) is 10.1. The number of hydrogen-bond acceptors (Lipinski definition) is 4. The standard InChI is InChI=1S/C22H32N4O2/c1-5-23-21(26-14-20-24-13-19(28-20)22(2,3)4)25-12-17-8-6-7-9-18(17)27-15-16-10-11-16/h6-9,13,16H,5,10-12,14-15H2,1-4H3,(H2,23,25,26). The van der Waals surface area contributed by atoms with Gasteiger partial charge < -0.3 is 19.8 Å². The molecule has 2 N–H and O–H groups in total. The molecular formula is C22H32N4O2. The van der Waals surface area contributed by atoms with Crippen LogP contribution in [0.25, 0.3) is 0 Å². The Hall–Kier alpha value is -2.50. The Morgan fingerprint density at radius 1 is 1.25 bits per heavy atom. The number of ether oxygens (including phenoxy) is 1. The molecule has 6 nitrogen and oxygen atoms in total. The molecule has 1 aliphatic rings. The lowest BCUT2D eigenvalue weighted by Crippen LogP contribution is -2.36. The van der Waals surface area contributed by atoms with E-state index in [1.165, 1.54) is 12.8 Å². The summed E-state index contributed by atoms with van der Waals surface area (Å²) < 4.78 is 11.8. The van der Waals surface area contributed by atoms with Crippen LogP contribution in [0.4, 0.5) is 0 Å². The number of nitrogens with zero attached hydrogens (tertiary/aromatic N) is 2. The van der Waals surface area contributed by atoms with E-state index in [9.17, 15) is 0 Å². The normalized spacial score (nSPS) is 14.8. The van der Waals surface area contributed by atoms with E-state index in [2.05, 4.69) is 42.5 Å². The number of aliphatic imine (C=N–C) groups is 1. The number of para-hydroxylation sites is 1. The number of aromatic nitrogens is 1. The fraction of sp³-hybridized carbons (Fsp3) is 0.545. The lowest BCUT2D eigenvalue weighted by atomic mass is 9.94. The van der Waals surface area contributed by atoms with E-state index >= 15 is 0 Å². The minimum Gasteiger partial charge on any atom is -0.493 e. The van der Waals surface area contributed by atoms with Gasteiger partial charge in [0.05, 0.1) is 25.9 Å². The summed E-state index contributed by atoms with van der Waals surface area (Å²) >= 11 is 0. The predicted molar refractivity (Wildman–Crippen MR) is 112 cm³/mol. The van der Waals surface area contributed by atoms with Crippen LogP contribution < -0.4 is 15.4 Å². The maximum absolute atomic E-state index is 5.98. The Balaban J connectivity index is 1.60. The molecule has 1 fully saturated rings. The van der Waals surface area contributed by atoms with E-state index in [1.54, 1.807) is 6.20 Å². The zero-order chi connectivity index (χ0) is 20.0. The van der Waals surface area contributed by atoms with Crippen LogP contribution in [0.3, 0.4) is 0 Å². The molecular weight excluding hydrogens is 352 g/mol. The van der Waals surface area contributed by atoms with E-state index in [-0.39, 0.29) is 5.41 Å². The quantitative estimate of drug-likeness (QED) is 0.531. The summed E-state index contributed by atoms with van der Waals surface area (Å²) in [5.41, 5.74) is 1.04. The molecule has 0 unspecified atom stereocenters. The topological polar surface area (TPSA) is 71.7 Å². The van der Waals surface area contributed by atoms with Crippen molar-refractivity contribution in [3.63, 3.8) is 0 Å². The van der Waals surface area contributed by atoms with Crippen molar-refractivity contribution in [1.82, 2.24) is 15.6 Å². The number of guanidine groups is 1. The van der Waals surface area contributed by atoms with Crippen LogP contribution in [-0.4, -0.2) is 24.1 Å². The van der Waals surface area contributed by atoms with Crippen molar-refractivity contribution in [1.29, 1.82) is 0 Å². The Kier molecular flexibility index (Phi) is 6.60. The molecule has 0 radical (unpaired) electrons. The Labute approximate surface area is 167 Å². The average Bonchev–Trinajstić information content (AvgIpc) is 3.36. The maximum atomic E-state index is 5.98. The molecule has 152 valence electrons. The van der Waals surface area contributed by atoms with Crippen LogP contribution in [-0.2, 0) is 18.5 Å². The number of nitrogens with one attached hydrogen (secondary N) is 2. The highest BCUT2D eigenvalue weighted by atomic mass is 16.5. The second-order valence-corrected chi connectivity index (χ2v) is 8.28. The van der Waals surface area contributed by atoms with Crippen LogP contribution >= 0.6 is 0 Å². The first kappa shape index (κ1) is 20.2. The van der Waals surface area contributed by atoms with Crippen LogP contribution in [0.2, 0.25) is 0 Å². The molecule has 28 heavy (non-hydrogen) atoms. The number of oxazole rings is 1. The molecule has 3 rings (SSSR count). The van der Waals surface area contributed by atoms with Gasteiger partial charge in [0.15, 0.2) is 5.96 Å². The van der Waals surface area contributed by atoms with Gasteiger partial charge >= 0.3 is 0 Å². The van der Waals surface area contributed by atoms with E-state index < -0.39 is 0 Å². The average molecular weight is 385 g/mol. The third kappa shape index (κ3) is 6.01. The van der Waals surface area contributed by atoms with Gasteiger partial charge in [-0.25, -0.2) is 9.98 Å². The molecule has 1 heterocycles. The van der Waals surface area contributed by atoms with Gasteiger partial charge in [0.25, 0.3) is 0 Å². The summed E-state index contributed by atoms with van der Waals surface area (Å²) in [4.78, 5) is 9.06. The van der Waals surface area contributed by atoms with E-state index in [0.29, 0.717) is 19.0 Å². The molecule has 0 aliphatic heterocycles. The van der Waals surface area contributed by atoms with Gasteiger partial charge in [-0.15, -0.1) is 0 Å². The molecule has 1 aromatic carbocycles. The van der Waals surface area contributed by atoms with Crippen molar-refractivity contribution in [3.05, 3.63) is 47.7 Å². The number of rotatable bonds is 8. The number of benzene rings is 1. The monoisotopic (exact) mass is 384 g/mol. The summed E-state index contributed by atoms with van der Waals surface area (Å²) in [7, 11) is 0. The summed E-state index contributed by atoms with van der Waals surface area (Å²) in [6.07, 6.45) is 4.37. The minimum atomic E-state index is -0.0476.